The Morgan fingerprint density at radius 3 is 3.07 bits per heavy atom. The van der Waals surface area contributed by atoms with Gasteiger partial charge in [0.25, 0.3) is 0 Å². The van der Waals surface area contributed by atoms with Gasteiger partial charge in [-0.2, -0.15) is 0 Å². The second-order valence-electron chi connectivity index (χ2n) is 3.85. The van der Waals surface area contributed by atoms with Crippen molar-refractivity contribution >= 4 is 6.09 Å². The van der Waals surface area contributed by atoms with Crippen LogP contribution in [0, 0.1) is 5.92 Å². The molecule has 0 spiro atoms. The Hall–Kier alpha value is -0.810. The Balaban J connectivity index is 1.85. The molecule has 0 bridgehead atoms. The molecule has 1 atom stereocenters. The van der Waals surface area contributed by atoms with Crippen LogP contribution in [-0.4, -0.2) is 44.0 Å². The predicted octanol–water partition coefficient (Wildman–Crippen LogP) is 0.660. The highest BCUT2D eigenvalue weighted by Crippen LogP contribution is 2.13. The molecule has 1 fully saturated rings. The van der Waals surface area contributed by atoms with Gasteiger partial charge < -0.3 is 20.5 Å². The molecule has 0 aromatic rings. The van der Waals surface area contributed by atoms with Gasteiger partial charge >= 0.3 is 6.09 Å². The van der Waals surface area contributed by atoms with E-state index < -0.39 is 6.09 Å². The van der Waals surface area contributed by atoms with Crippen LogP contribution in [0.25, 0.3) is 0 Å². The molecule has 88 valence electrons. The van der Waals surface area contributed by atoms with E-state index >= 15 is 0 Å². The average Bonchev–Trinajstić information content (AvgIpc) is 2.24. The molecular weight excluding hydrogens is 196 g/mol. The average molecular weight is 216 g/mol. The molecule has 0 aromatic carbocycles. The lowest BCUT2D eigenvalue weighted by Gasteiger charge is -2.22. The fourth-order valence-corrected chi connectivity index (χ4v) is 1.75. The first-order valence-corrected chi connectivity index (χ1v) is 5.54. The molecule has 1 rings (SSSR count). The van der Waals surface area contributed by atoms with Crippen LogP contribution >= 0.6 is 0 Å². The topological polar surface area (TPSA) is 70.6 Å². The van der Waals surface area contributed by atoms with Crippen molar-refractivity contribution in [3.63, 3.8) is 0 Å². The minimum Gasteiger partial charge on any atom is -0.465 e. The normalized spacial score (nSPS) is 21.2. The molecule has 1 saturated heterocycles. The maximum Gasteiger partial charge on any atom is 0.404 e. The third-order valence-corrected chi connectivity index (χ3v) is 2.59. The number of carboxylic acid groups (broad SMARTS) is 1. The van der Waals surface area contributed by atoms with Gasteiger partial charge in [-0.15, -0.1) is 0 Å². The van der Waals surface area contributed by atoms with E-state index in [1.54, 1.807) is 0 Å². The van der Waals surface area contributed by atoms with Gasteiger partial charge in [-0.25, -0.2) is 4.79 Å². The highest BCUT2D eigenvalue weighted by molar-refractivity contribution is 5.64. The summed E-state index contributed by atoms with van der Waals surface area (Å²) in [6.07, 6.45) is 2.62. The maximum absolute atomic E-state index is 10.1. The molecule has 5 heteroatoms. The molecule has 15 heavy (non-hydrogen) atoms. The van der Waals surface area contributed by atoms with E-state index in [1.807, 2.05) is 0 Å². The van der Waals surface area contributed by atoms with E-state index in [1.165, 1.54) is 12.8 Å². The summed E-state index contributed by atoms with van der Waals surface area (Å²) >= 11 is 0. The molecule has 3 N–H and O–H groups in total. The van der Waals surface area contributed by atoms with Crippen LogP contribution in [0.3, 0.4) is 0 Å². The smallest absolute Gasteiger partial charge is 0.404 e. The summed E-state index contributed by atoms with van der Waals surface area (Å²) in [5.41, 5.74) is 0. The minimum atomic E-state index is -0.991. The second kappa shape index (κ2) is 7.48. The first kappa shape index (κ1) is 12.3. The monoisotopic (exact) mass is 216 g/mol. The molecule has 1 aliphatic heterocycles. The fourth-order valence-electron chi connectivity index (χ4n) is 1.75. The minimum absolute atomic E-state index is 0.373. The Morgan fingerprint density at radius 2 is 2.40 bits per heavy atom. The number of rotatable bonds is 6. The van der Waals surface area contributed by atoms with Gasteiger partial charge in [-0.3, -0.25) is 0 Å². The van der Waals surface area contributed by atoms with Crippen molar-refractivity contribution in [3.8, 4) is 0 Å². The zero-order chi connectivity index (χ0) is 10.9. The Kier molecular flexibility index (Phi) is 6.11. The summed E-state index contributed by atoms with van der Waals surface area (Å²) in [6, 6.07) is 0. The summed E-state index contributed by atoms with van der Waals surface area (Å²) < 4.78 is 5.33. The number of amides is 1. The highest BCUT2D eigenvalue weighted by Gasteiger charge is 2.11. The lowest BCUT2D eigenvalue weighted by atomic mass is 9.97. The van der Waals surface area contributed by atoms with E-state index in [0.717, 1.165) is 32.0 Å². The van der Waals surface area contributed by atoms with Crippen molar-refractivity contribution in [1.29, 1.82) is 0 Å². The second-order valence-corrected chi connectivity index (χ2v) is 3.85. The fraction of sp³-hybridized carbons (Fsp3) is 0.900. The summed E-state index contributed by atoms with van der Waals surface area (Å²) in [7, 11) is 0. The number of hydrogen-bond donors (Lipinski definition) is 3. The van der Waals surface area contributed by atoms with Crippen LogP contribution in [-0.2, 0) is 4.74 Å². The first-order chi connectivity index (χ1) is 7.29. The molecule has 0 aromatic heterocycles. The van der Waals surface area contributed by atoms with Crippen LogP contribution in [0.5, 0.6) is 0 Å². The van der Waals surface area contributed by atoms with Crippen LogP contribution in [0.2, 0.25) is 0 Å². The molecule has 0 radical (unpaired) electrons. The summed E-state index contributed by atoms with van der Waals surface area (Å²) in [6.45, 7) is 3.80. The van der Waals surface area contributed by atoms with Crippen LogP contribution in [0.4, 0.5) is 4.79 Å². The lowest BCUT2D eigenvalue weighted by molar-refractivity contribution is 0.115. The molecular formula is C10H20N2O3. The van der Waals surface area contributed by atoms with E-state index in [0.29, 0.717) is 13.2 Å². The number of carbonyl (C=O) groups is 1. The Bertz CT molecular complexity index is 182. The number of nitrogens with one attached hydrogen (secondary N) is 2. The zero-order valence-electron chi connectivity index (χ0n) is 9.00. The van der Waals surface area contributed by atoms with Crippen molar-refractivity contribution in [2.45, 2.75) is 19.3 Å². The van der Waals surface area contributed by atoms with E-state index in [9.17, 15) is 4.79 Å². The first-order valence-electron chi connectivity index (χ1n) is 5.54. The van der Waals surface area contributed by atoms with Crippen molar-refractivity contribution in [1.82, 2.24) is 10.6 Å². The van der Waals surface area contributed by atoms with E-state index in [2.05, 4.69) is 10.6 Å². The van der Waals surface area contributed by atoms with Crippen LogP contribution in [0.1, 0.15) is 19.3 Å². The SMILES string of the molecule is O=C(O)NCCOCCC1CCCNC1. The highest BCUT2D eigenvalue weighted by atomic mass is 16.5. The van der Waals surface area contributed by atoms with Gasteiger partial charge in [0.05, 0.1) is 6.61 Å². The third-order valence-electron chi connectivity index (χ3n) is 2.59. The number of piperidine rings is 1. The summed E-state index contributed by atoms with van der Waals surface area (Å²) in [4.78, 5) is 10.1. The van der Waals surface area contributed by atoms with E-state index in [-0.39, 0.29) is 0 Å². The molecule has 0 aliphatic carbocycles. The van der Waals surface area contributed by atoms with Crippen molar-refractivity contribution in [2.24, 2.45) is 5.92 Å². The standard InChI is InChI=1S/C10H20N2O3/c13-10(14)12-5-7-15-6-3-9-2-1-4-11-8-9/h9,11-12H,1-8H2,(H,13,14). The molecule has 1 aliphatic rings. The maximum atomic E-state index is 10.1. The molecule has 5 nitrogen and oxygen atoms in total. The third kappa shape index (κ3) is 6.30. The zero-order valence-corrected chi connectivity index (χ0v) is 9.00. The van der Waals surface area contributed by atoms with Gasteiger partial charge in [0.15, 0.2) is 0 Å². The van der Waals surface area contributed by atoms with Crippen molar-refractivity contribution in [3.05, 3.63) is 0 Å². The summed E-state index contributed by atoms with van der Waals surface area (Å²) in [5.74, 6) is 0.728. The van der Waals surface area contributed by atoms with Crippen molar-refractivity contribution < 1.29 is 14.6 Å². The lowest BCUT2D eigenvalue weighted by Crippen LogP contribution is -2.30. The van der Waals surface area contributed by atoms with Gasteiger partial charge in [0.2, 0.25) is 0 Å². The largest absolute Gasteiger partial charge is 0.465 e. The van der Waals surface area contributed by atoms with Gasteiger partial charge in [0.1, 0.15) is 0 Å². The molecule has 1 heterocycles. The van der Waals surface area contributed by atoms with Gasteiger partial charge in [0, 0.05) is 13.2 Å². The van der Waals surface area contributed by atoms with Crippen LogP contribution < -0.4 is 10.6 Å². The number of hydrogen-bond acceptors (Lipinski definition) is 3. The predicted molar refractivity (Wildman–Crippen MR) is 57.1 cm³/mol. The molecule has 1 amide bonds. The van der Waals surface area contributed by atoms with Gasteiger partial charge in [-0.1, -0.05) is 0 Å². The Morgan fingerprint density at radius 1 is 1.53 bits per heavy atom. The quantitative estimate of drug-likeness (QED) is 0.570. The Labute approximate surface area is 90.2 Å². The number of ether oxygens (including phenoxy) is 1. The van der Waals surface area contributed by atoms with Crippen LogP contribution in [0.15, 0.2) is 0 Å². The van der Waals surface area contributed by atoms with Crippen molar-refractivity contribution in [2.75, 3.05) is 32.8 Å². The van der Waals surface area contributed by atoms with Gasteiger partial charge in [-0.05, 0) is 38.3 Å². The summed E-state index contributed by atoms with van der Waals surface area (Å²) in [5, 5.41) is 13.9. The van der Waals surface area contributed by atoms with E-state index in [4.69, 9.17) is 9.84 Å². The molecule has 0 saturated carbocycles. The molecule has 1 unspecified atom stereocenters.